The lowest BCUT2D eigenvalue weighted by molar-refractivity contribution is -0.126. The van der Waals surface area contributed by atoms with E-state index in [0.29, 0.717) is 11.8 Å². The molecule has 2 atom stereocenters. The maximum absolute atomic E-state index is 11.6. The number of rotatable bonds is 1. The molecule has 1 aliphatic rings. The molecular weight excluding hydrogens is 162 g/mol. The molecule has 76 valence electrons. The van der Waals surface area contributed by atoms with Crippen LogP contribution in [0.2, 0.25) is 0 Å². The van der Waals surface area contributed by atoms with Crippen molar-refractivity contribution >= 4 is 5.91 Å². The van der Waals surface area contributed by atoms with E-state index in [9.17, 15) is 4.79 Å². The molecule has 1 fully saturated rings. The third-order valence-corrected chi connectivity index (χ3v) is 3.01. The lowest BCUT2D eigenvalue weighted by Gasteiger charge is -2.31. The Hall–Kier alpha value is -0.530. The fraction of sp³-hybridized carbons (Fsp3) is 0.909. The van der Waals surface area contributed by atoms with Gasteiger partial charge in [-0.1, -0.05) is 34.6 Å². The maximum atomic E-state index is 11.6. The van der Waals surface area contributed by atoms with Gasteiger partial charge in [0.25, 0.3) is 0 Å². The van der Waals surface area contributed by atoms with Crippen LogP contribution in [0.3, 0.4) is 0 Å². The molecule has 0 aromatic carbocycles. The minimum Gasteiger partial charge on any atom is -0.356 e. The Morgan fingerprint density at radius 3 is 2.23 bits per heavy atom. The van der Waals surface area contributed by atoms with Crippen LogP contribution < -0.4 is 5.32 Å². The molecule has 0 bridgehead atoms. The summed E-state index contributed by atoms with van der Waals surface area (Å²) in [5.74, 6) is 1.52. The predicted molar refractivity (Wildman–Crippen MR) is 54.3 cm³/mol. The van der Waals surface area contributed by atoms with Crippen molar-refractivity contribution in [1.82, 2.24) is 5.32 Å². The van der Waals surface area contributed by atoms with Crippen LogP contribution >= 0.6 is 0 Å². The number of hydrogen-bond donors (Lipinski definition) is 1. The third kappa shape index (κ3) is 2.04. The monoisotopic (exact) mass is 183 g/mol. The van der Waals surface area contributed by atoms with E-state index in [0.717, 1.165) is 6.54 Å². The summed E-state index contributed by atoms with van der Waals surface area (Å²) in [6.07, 6.45) is 0. The highest BCUT2D eigenvalue weighted by atomic mass is 16.2. The SMILES string of the molecule is CC(C)[C@@H]1CNC(=O)[C@@H]1C(C)(C)C. The number of nitrogens with one attached hydrogen (secondary N) is 1. The van der Waals surface area contributed by atoms with Crippen molar-refractivity contribution in [2.75, 3.05) is 6.54 Å². The average Bonchev–Trinajstić information content (AvgIpc) is 2.28. The summed E-state index contributed by atoms with van der Waals surface area (Å²) in [6.45, 7) is 11.7. The summed E-state index contributed by atoms with van der Waals surface area (Å²) < 4.78 is 0. The van der Waals surface area contributed by atoms with Crippen LogP contribution in [0.15, 0.2) is 0 Å². The maximum Gasteiger partial charge on any atom is 0.224 e. The van der Waals surface area contributed by atoms with Gasteiger partial charge in [0.15, 0.2) is 0 Å². The summed E-state index contributed by atoms with van der Waals surface area (Å²) in [5.41, 5.74) is 0.0928. The lowest BCUT2D eigenvalue weighted by Crippen LogP contribution is -2.33. The number of amides is 1. The van der Waals surface area contributed by atoms with E-state index in [-0.39, 0.29) is 17.2 Å². The summed E-state index contributed by atoms with van der Waals surface area (Å²) in [4.78, 5) is 11.6. The molecular formula is C11H21NO. The van der Waals surface area contributed by atoms with Crippen molar-refractivity contribution in [1.29, 1.82) is 0 Å². The van der Waals surface area contributed by atoms with Gasteiger partial charge in [0.1, 0.15) is 0 Å². The molecule has 0 saturated carbocycles. The van der Waals surface area contributed by atoms with E-state index in [1.165, 1.54) is 0 Å². The summed E-state index contributed by atoms with van der Waals surface area (Å²) in [7, 11) is 0. The number of carbonyl (C=O) groups is 1. The van der Waals surface area contributed by atoms with Gasteiger partial charge in [-0.05, 0) is 17.3 Å². The summed E-state index contributed by atoms with van der Waals surface area (Å²) in [5, 5.41) is 2.97. The van der Waals surface area contributed by atoms with Crippen LogP contribution in [0.25, 0.3) is 0 Å². The summed E-state index contributed by atoms with van der Waals surface area (Å²) in [6, 6.07) is 0. The first-order chi connectivity index (χ1) is 5.84. The molecule has 0 radical (unpaired) electrons. The fourth-order valence-electron chi connectivity index (χ4n) is 2.30. The van der Waals surface area contributed by atoms with E-state index in [1.807, 2.05) is 0 Å². The van der Waals surface area contributed by atoms with Gasteiger partial charge in [-0.15, -0.1) is 0 Å². The van der Waals surface area contributed by atoms with Gasteiger partial charge in [0.05, 0.1) is 0 Å². The Morgan fingerprint density at radius 1 is 1.38 bits per heavy atom. The van der Waals surface area contributed by atoms with E-state index in [1.54, 1.807) is 0 Å². The van der Waals surface area contributed by atoms with E-state index < -0.39 is 0 Å². The van der Waals surface area contributed by atoms with Crippen LogP contribution in [-0.2, 0) is 4.79 Å². The Morgan fingerprint density at radius 2 is 1.92 bits per heavy atom. The molecule has 2 nitrogen and oxygen atoms in total. The highest BCUT2D eigenvalue weighted by molar-refractivity contribution is 5.81. The lowest BCUT2D eigenvalue weighted by atomic mass is 9.71. The minimum atomic E-state index is 0.0928. The summed E-state index contributed by atoms with van der Waals surface area (Å²) >= 11 is 0. The normalized spacial score (nSPS) is 29.5. The van der Waals surface area contributed by atoms with Gasteiger partial charge in [-0.3, -0.25) is 4.79 Å². The second-order valence-corrected chi connectivity index (χ2v) is 5.50. The van der Waals surface area contributed by atoms with Crippen LogP contribution in [0.5, 0.6) is 0 Å². The third-order valence-electron chi connectivity index (χ3n) is 3.01. The molecule has 0 aliphatic carbocycles. The van der Waals surface area contributed by atoms with E-state index in [2.05, 4.69) is 39.9 Å². The average molecular weight is 183 g/mol. The largest absolute Gasteiger partial charge is 0.356 e. The zero-order valence-electron chi connectivity index (χ0n) is 9.35. The Balaban J connectivity index is 2.84. The van der Waals surface area contributed by atoms with Crippen molar-refractivity contribution in [3.8, 4) is 0 Å². The number of carbonyl (C=O) groups excluding carboxylic acids is 1. The first kappa shape index (κ1) is 10.6. The van der Waals surface area contributed by atoms with Crippen LogP contribution in [0, 0.1) is 23.2 Å². The molecule has 2 heteroatoms. The number of hydrogen-bond acceptors (Lipinski definition) is 1. The first-order valence-corrected chi connectivity index (χ1v) is 5.11. The quantitative estimate of drug-likeness (QED) is 0.662. The van der Waals surface area contributed by atoms with Crippen LogP contribution in [0.4, 0.5) is 0 Å². The molecule has 1 N–H and O–H groups in total. The van der Waals surface area contributed by atoms with Gasteiger partial charge in [-0.2, -0.15) is 0 Å². The minimum absolute atomic E-state index is 0.0928. The van der Waals surface area contributed by atoms with Gasteiger partial charge in [0, 0.05) is 12.5 Å². The molecule has 0 aromatic rings. The molecule has 1 aliphatic heterocycles. The van der Waals surface area contributed by atoms with Crippen molar-refractivity contribution < 1.29 is 4.79 Å². The Labute approximate surface area is 81.1 Å². The first-order valence-electron chi connectivity index (χ1n) is 5.11. The van der Waals surface area contributed by atoms with Crippen molar-refractivity contribution in [3.05, 3.63) is 0 Å². The highest BCUT2D eigenvalue weighted by Crippen LogP contribution is 2.38. The zero-order chi connectivity index (χ0) is 10.2. The molecule has 0 unspecified atom stereocenters. The van der Waals surface area contributed by atoms with E-state index >= 15 is 0 Å². The predicted octanol–water partition coefficient (Wildman–Crippen LogP) is 2.05. The molecule has 0 spiro atoms. The van der Waals surface area contributed by atoms with Gasteiger partial charge >= 0.3 is 0 Å². The highest BCUT2D eigenvalue weighted by Gasteiger charge is 2.43. The van der Waals surface area contributed by atoms with E-state index in [4.69, 9.17) is 0 Å². The molecule has 1 amide bonds. The second kappa shape index (κ2) is 3.32. The molecule has 1 saturated heterocycles. The molecule has 13 heavy (non-hydrogen) atoms. The van der Waals surface area contributed by atoms with Crippen molar-refractivity contribution in [3.63, 3.8) is 0 Å². The topological polar surface area (TPSA) is 29.1 Å². The Kier molecular flexibility index (Phi) is 2.69. The Bertz CT molecular complexity index is 203. The smallest absolute Gasteiger partial charge is 0.224 e. The zero-order valence-corrected chi connectivity index (χ0v) is 9.35. The molecule has 1 heterocycles. The van der Waals surface area contributed by atoms with Crippen molar-refractivity contribution in [2.45, 2.75) is 34.6 Å². The standard InChI is InChI=1S/C11H21NO/c1-7(2)8-6-12-10(13)9(8)11(3,4)5/h7-9H,6H2,1-5H3,(H,12,13)/t8-,9+/m0/s1. The van der Waals surface area contributed by atoms with Crippen molar-refractivity contribution in [2.24, 2.45) is 23.2 Å². The second-order valence-electron chi connectivity index (χ2n) is 5.50. The van der Waals surface area contributed by atoms with Gasteiger partial charge in [0.2, 0.25) is 5.91 Å². The van der Waals surface area contributed by atoms with Crippen LogP contribution in [0.1, 0.15) is 34.6 Å². The van der Waals surface area contributed by atoms with Crippen LogP contribution in [-0.4, -0.2) is 12.5 Å². The fourth-order valence-corrected chi connectivity index (χ4v) is 2.30. The molecule has 0 aromatic heterocycles. The molecule has 1 rings (SSSR count). The van der Waals surface area contributed by atoms with Gasteiger partial charge in [-0.25, -0.2) is 0 Å². The van der Waals surface area contributed by atoms with Gasteiger partial charge < -0.3 is 5.32 Å².